The summed E-state index contributed by atoms with van der Waals surface area (Å²) in [5, 5.41) is 14.2. The first-order valence-electron chi connectivity index (χ1n) is 6.88. The molecule has 0 spiro atoms. The molecule has 3 rings (SSSR count). The fourth-order valence-electron chi connectivity index (χ4n) is 3.40. The van der Waals surface area contributed by atoms with Gasteiger partial charge in [-0.3, -0.25) is 9.59 Å². The lowest BCUT2D eigenvalue weighted by atomic mass is 9.82. The van der Waals surface area contributed by atoms with E-state index in [0.717, 1.165) is 12.8 Å². The van der Waals surface area contributed by atoms with E-state index >= 15 is 0 Å². The molecule has 2 aliphatic rings. The van der Waals surface area contributed by atoms with E-state index in [1.165, 1.54) is 4.88 Å². The Morgan fingerprint density at radius 2 is 2.05 bits per heavy atom. The summed E-state index contributed by atoms with van der Waals surface area (Å²) in [7, 11) is 0. The lowest BCUT2D eigenvalue weighted by Crippen LogP contribution is -2.40. The second-order valence-electron chi connectivity index (χ2n) is 5.46. The molecule has 2 aliphatic carbocycles. The lowest BCUT2D eigenvalue weighted by molar-refractivity contribution is -0.147. The molecule has 20 heavy (non-hydrogen) atoms. The summed E-state index contributed by atoms with van der Waals surface area (Å²) in [6.07, 6.45) is 5.57. The summed E-state index contributed by atoms with van der Waals surface area (Å²) < 4.78 is 0. The van der Waals surface area contributed by atoms with Gasteiger partial charge in [-0.25, -0.2) is 0 Å². The van der Waals surface area contributed by atoms with Crippen molar-refractivity contribution in [3.05, 3.63) is 34.5 Å². The third-order valence-corrected chi connectivity index (χ3v) is 5.23. The van der Waals surface area contributed by atoms with Crippen LogP contribution in [0.4, 0.5) is 0 Å². The minimum Gasteiger partial charge on any atom is -0.481 e. The number of carbonyl (C=O) groups excluding carboxylic acids is 1. The largest absolute Gasteiger partial charge is 0.481 e. The van der Waals surface area contributed by atoms with E-state index in [0.29, 0.717) is 6.54 Å². The molecule has 2 N–H and O–H groups in total. The van der Waals surface area contributed by atoms with E-state index in [2.05, 4.69) is 5.32 Å². The summed E-state index contributed by atoms with van der Waals surface area (Å²) in [6.45, 7) is 0.573. The van der Waals surface area contributed by atoms with Gasteiger partial charge in [0.05, 0.1) is 11.8 Å². The van der Waals surface area contributed by atoms with Gasteiger partial charge in [0.1, 0.15) is 0 Å². The molecular formula is C15H17NO3S. The van der Waals surface area contributed by atoms with Crippen LogP contribution in [0.3, 0.4) is 0 Å². The number of thiophene rings is 1. The van der Waals surface area contributed by atoms with Crippen molar-refractivity contribution in [2.45, 2.75) is 12.8 Å². The Labute approximate surface area is 121 Å². The van der Waals surface area contributed by atoms with E-state index < -0.39 is 17.8 Å². The van der Waals surface area contributed by atoms with E-state index in [4.69, 9.17) is 0 Å². The van der Waals surface area contributed by atoms with Crippen LogP contribution in [0.1, 0.15) is 11.3 Å². The molecule has 1 aromatic rings. The van der Waals surface area contributed by atoms with Crippen molar-refractivity contribution in [1.29, 1.82) is 0 Å². The van der Waals surface area contributed by atoms with Gasteiger partial charge in [-0.2, -0.15) is 0 Å². The molecule has 5 heteroatoms. The molecule has 2 bridgehead atoms. The predicted molar refractivity (Wildman–Crippen MR) is 76.4 cm³/mol. The van der Waals surface area contributed by atoms with Crippen LogP contribution in [-0.4, -0.2) is 23.5 Å². The van der Waals surface area contributed by atoms with Crippen molar-refractivity contribution in [3.8, 4) is 0 Å². The third-order valence-electron chi connectivity index (χ3n) is 4.30. The van der Waals surface area contributed by atoms with Gasteiger partial charge < -0.3 is 10.4 Å². The average molecular weight is 291 g/mol. The van der Waals surface area contributed by atoms with Crippen molar-refractivity contribution in [2.24, 2.45) is 23.7 Å². The van der Waals surface area contributed by atoms with Crippen LogP contribution in [0.2, 0.25) is 0 Å². The number of hydrogen-bond donors (Lipinski definition) is 2. The van der Waals surface area contributed by atoms with Crippen LogP contribution in [0, 0.1) is 23.7 Å². The standard InChI is InChI=1S/C15H17NO3S/c17-14(16-6-5-11-2-1-7-20-11)12-9-3-4-10(8-9)13(12)15(18)19/h1-4,7,9-10,12-13H,5-6,8H2,(H,16,17)(H,18,19). The van der Waals surface area contributed by atoms with Crippen LogP contribution >= 0.6 is 11.3 Å². The Kier molecular flexibility index (Phi) is 3.61. The Balaban J connectivity index is 1.59. The maximum Gasteiger partial charge on any atom is 0.307 e. The van der Waals surface area contributed by atoms with Gasteiger partial charge in [0.25, 0.3) is 0 Å². The number of nitrogens with one attached hydrogen (secondary N) is 1. The van der Waals surface area contributed by atoms with E-state index in [9.17, 15) is 14.7 Å². The molecule has 1 aromatic heterocycles. The minimum absolute atomic E-state index is 0.0329. The van der Waals surface area contributed by atoms with E-state index in [1.807, 2.05) is 29.7 Å². The van der Waals surface area contributed by atoms with Crippen molar-refractivity contribution in [1.82, 2.24) is 5.32 Å². The zero-order valence-corrected chi connectivity index (χ0v) is 11.8. The second-order valence-corrected chi connectivity index (χ2v) is 6.49. The monoisotopic (exact) mass is 291 g/mol. The number of carboxylic acids is 1. The van der Waals surface area contributed by atoms with Crippen molar-refractivity contribution >= 4 is 23.2 Å². The topological polar surface area (TPSA) is 66.4 Å². The molecule has 4 atom stereocenters. The van der Waals surface area contributed by atoms with E-state index in [-0.39, 0.29) is 17.7 Å². The summed E-state index contributed by atoms with van der Waals surface area (Å²) in [5.74, 6) is -1.77. The van der Waals surface area contributed by atoms with Gasteiger partial charge in [-0.05, 0) is 36.1 Å². The summed E-state index contributed by atoms with van der Waals surface area (Å²) in [6, 6.07) is 4.03. The predicted octanol–water partition coefficient (Wildman–Crippen LogP) is 1.93. The van der Waals surface area contributed by atoms with Crippen LogP contribution in [0.15, 0.2) is 29.7 Å². The number of carbonyl (C=O) groups is 2. The molecule has 0 saturated heterocycles. The van der Waals surface area contributed by atoms with Gasteiger partial charge >= 0.3 is 5.97 Å². The maximum absolute atomic E-state index is 12.3. The van der Waals surface area contributed by atoms with E-state index in [1.54, 1.807) is 11.3 Å². The molecule has 1 fully saturated rings. The lowest BCUT2D eigenvalue weighted by Gasteiger charge is -2.23. The fourth-order valence-corrected chi connectivity index (χ4v) is 4.11. The average Bonchev–Trinajstić information content (AvgIpc) is 3.13. The van der Waals surface area contributed by atoms with Crippen molar-refractivity contribution < 1.29 is 14.7 Å². The van der Waals surface area contributed by atoms with Crippen LogP contribution in [-0.2, 0) is 16.0 Å². The second kappa shape index (κ2) is 5.40. The number of aliphatic carboxylic acids is 1. The number of rotatable bonds is 5. The highest BCUT2D eigenvalue weighted by molar-refractivity contribution is 7.09. The van der Waals surface area contributed by atoms with Gasteiger partial charge in [0.2, 0.25) is 5.91 Å². The Morgan fingerprint density at radius 1 is 1.30 bits per heavy atom. The highest BCUT2D eigenvalue weighted by Gasteiger charge is 2.51. The first kappa shape index (κ1) is 13.4. The summed E-state index contributed by atoms with van der Waals surface area (Å²) >= 11 is 1.67. The fraction of sp³-hybridized carbons (Fsp3) is 0.467. The number of amides is 1. The van der Waals surface area contributed by atoms with Crippen molar-refractivity contribution in [3.63, 3.8) is 0 Å². The Hall–Kier alpha value is -1.62. The number of carboxylic acid groups (broad SMARTS) is 1. The minimum atomic E-state index is -0.847. The van der Waals surface area contributed by atoms with Crippen LogP contribution in [0.25, 0.3) is 0 Å². The molecular weight excluding hydrogens is 274 g/mol. The molecule has 0 aromatic carbocycles. The third kappa shape index (κ3) is 2.38. The van der Waals surface area contributed by atoms with Gasteiger partial charge in [-0.15, -0.1) is 11.3 Å². The Morgan fingerprint density at radius 3 is 2.70 bits per heavy atom. The highest BCUT2D eigenvalue weighted by Crippen LogP contribution is 2.48. The molecule has 0 aliphatic heterocycles. The number of hydrogen-bond acceptors (Lipinski definition) is 3. The first-order chi connectivity index (χ1) is 9.66. The summed E-state index contributed by atoms with van der Waals surface area (Å²) in [4.78, 5) is 24.9. The normalized spacial score (nSPS) is 30.6. The Bertz CT molecular complexity index is 537. The van der Waals surface area contributed by atoms with Gasteiger partial charge in [-0.1, -0.05) is 18.2 Å². The number of allylic oxidation sites excluding steroid dienone is 2. The van der Waals surface area contributed by atoms with Crippen LogP contribution < -0.4 is 5.32 Å². The highest BCUT2D eigenvalue weighted by atomic mass is 32.1. The number of fused-ring (bicyclic) bond motifs is 2. The van der Waals surface area contributed by atoms with Crippen molar-refractivity contribution in [2.75, 3.05) is 6.54 Å². The molecule has 1 saturated carbocycles. The molecule has 0 radical (unpaired) electrons. The molecule has 1 amide bonds. The quantitative estimate of drug-likeness (QED) is 0.815. The smallest absolute Gasteiger partial charge is 0.307 e. The molecule has 106 valence electrons. The summed E-state index contributed by atoms with van der Waals surface area (Å²) in [5.41, 5.74) is 0. The zero-order valence-electron chi connectivity index (χ0n) is 11.0. The molecule has 4 unspecified atom stereocenters. The molecule has 1 heterocycles. The zero-order chi connectivity index (χ0) is 14.1. The van der Waals surface area contributed by atoms with Crippen LogP contribution in [0.5, 0.6) is 0 Å². The first-order valence-corrected chi connectivity index (χ1v) is 7.76. The SMILES string of the molecule is O=C(O)C1C2C=CC(C2)C1C(=O)NCCc1cccs1. The van der Waals surface area contributed by atoms with Gasteiger partial charge in [0.15, 0.2) is 0 Å². The maximum atomic E-state index is 12.3. The molecule has 4 nitrogen and oxygen atoms in total. The van der Waals surface area contributed by atoms with Gasteiger partial charge in [0, 0.05) is 11.4 Å².